The lowest BCUT2D eigenvalue weighted by Gasteiger charge is -2.18. The number of ether oxygens (including phenoxy) is 1. The fraction of sp³-hybridized carbons (Fsp3) is 0.455. The number of rotatable bonds is 2. The average Bonchev–Trinajstić information content (AvgIpc) is 2.15. The van der Waals surface area contributed by atoms with Crippen LogP contribution in [0.4, 0.5) is 13.2 Å². The molecule has 84 valence electrons. The van der Waals surface area contributed by atoms with Gasteiger partial charge in [0.2, 0.25) is 0 Å². The van der Waals surface area contributed by atoms with E-state index in [9.17, 15) is 13.2 Å². The van der Waals surface area contributed by atoms with Crippen LogP contribution < -0.4 is 4.74 Å². The first-order chi connectivity index (χ1) is 6.88. The first-order valence-electron chi connectivity index (χ1n) is 4.62. The predicted octanol–water partition coefficient (Wildman–Crippen LogP) is 3.84. The first kappa shape index (κ1) is 11.9. The fourth-order valence-electron chi connectivity index (χ4n) is 1.56. The smallest absolute Gasteiger partial charge is 0.416 e. The van der Waals surface area contributed by atoms with Gasteiger partial charge in [0.1, 0.15) is 5.75 Å². The van der Waals surface area contributed by atoms with Crippen LogP contribution in [-0.4, -0.2) is 7.11 Å². The molecule has 0 fully saturated rings. The van der Waals surface area contributed by atoms with Crippen LogP contribution in [0.2, 0.25) is 0 Å². The van der Waals surface area contributed by atoms with Crippen LogP contribution in [0.5, 0.6) is 5.75 Å². The van der Waals surface area contributed by atoms with E-state index < -0.39 is 11.7 Å². The van der Waals surface area contributed by atoms with Crippen LogP contribution in [0.15, 0.2) is 18.2 Å². The van der Waals surface area contributed by atoms with E-state index in [0.717, 1.165) is 6.07 Å². The van der Waals surface area contributed by atoms with Gasteiger partial charge in [-0.15, -0.1) is 0 Å². The number of alkyl halides is 3. The van der Waals surface area contributed by atoms with Crippen molar-refractivity contribution in [3.8, 4) is 5.75 Å². The van der Waals surface area contributed by atoms with Gasteiger partial charge in [-0.3, -0.25) is 0 Å². The third-order valence-corrected chi connectivity index (χ3v) is 2.17. The van der Waals surface area contributed by atoms with Crippen molar-refractivity contribution < 1.29 is 17.9 Å². The van der Waals surface area contributed by atoms with Crippen molar-refractivity contribution in [2.24, 2.45) is 0 Å². The second-order valence-corrected chi connectivity index (χ2v) is 3.57. The van der Waals surface area contributed by atoms with Crippen LogP contribution in [0.3, 0.4) is 0 Å². The van der Waals surface area contributed by atoms with Crippen molar-refractivity contribution in [2.45, 2.75) is 25.9 Å². The maximum absolute atomic E-state index is 12.7. The average molecular weight is 218 g/mol. The van der Waals surface area contributed by atoms with Crippen LogP contribution in [0.1, 0.15) is 30.9 Å². The Morgan fingerprint density at radius 1 is 1.20 bits per heavy atom. The molecule has 1 aromatic rings. The zero-order chi connectivity index (χ0) is 11.6. The minimum absolute atomic E-state index is 0.215. The van der Waals surface area contributed by atoms with E-state index in [4.69, 9.17) is 4.74 Å². The molecule has 0 aromatic heterocycles. The van der Waals surface area contributed by atoms with Gasteiger partial charge in [-0.2, -0.15) is 13.2 Å². The second-order valence-electron chi connectivity index (χ2n) is 3.57. The number of benzene rings is 1. The molecule has 0 atom stereocenters. The van der Waals surface area contributed by atoms with Gasteiger partial charge in [0.05, 0.1) is 12.7 Å². The van der Waals surface area contributed by atoms with Gasteiger partial charge in [0, 0.05) is 5.56 Å². The molecule has 1 aromatic carbocycles. The number of hydrogen-bond acceptors (Lipinski definition) is 1. The van der Waals surface area contributed by atoms with E-state index in [-0.39, 0.29) is 11.5 Å². The Labute approximate surface area is 86.9 Å². The highest BCUT2D eigenvalue weighted by Gasteiger charge is 2.35. The van der Waals surface area contributed by atoms with Gasteiger partial charge in [-0.25, -0.2) is 0 Å². The molecular formula is C11H13F3O. The summed E-state index contributed by atoms with van der Waals surface area (Å²) in [4.78, 5) is 0. The molecule has 0 radical (unpaired) electrons. The Balaban J connectivity index is 3.39. The molecule has 0 saturated heterocycles. The molecule has 1 nitrogen and oxygen atoms in total. The van der Waals surface area contributed by atoms with Crippen LogP contribution in [0.25, 0.3) is 0 Å². The van der Waals surface area contributed by atoms with E-state index in [1.165, 1.54) is 13.2 Å². The third-order valence-electron chi connectivity index (χ3n) is 2.17. The molecule has 0 unspecified atom stereocenters. The second kappa shape index (κ2) is 4.13. The molecule has 0 aliphatic carbocycles. The third kappa shape index (κ3) is 2.43. The van der Waals surface area contributed by atoms with Crippen LogP contribution in [-0.2, 0) is 6.18 Å². The minimum atomic E-state index is -4.33. The normalized spacial score (nSPS) is 11.9. The largest absolute Gasteiger partial charge is 0.496 e. The summed E-state index contributed by atoms with van der Waals surface area (Å²) in [6.07, 6.45) is -4.33. The molecule has 0 N–H and O–H groups in total. The Kier molecular flexibility index (Phi) is 3.27. The molecule has 1 rings (SSSR count). The fourth-order valence-corrected chi connectivity index (χ4v) is 1.56. The van der Waals surface area contributed by atoms with Gasteiger partial charge in [0.25, 0.3) is 0 Å². The minimum Gasteiger partial charge on any atom is -0.496 e. The highest BCUT2D eigenvalue weighted by molar-refractivity contribution is 5.43. The summed E-state index contributed by atoms with van der Waals surface area (Å²) in [5.74, 6) is 0.0672. The predicted molar refractivity (Wildman–Crippen MR) is 52.1 cm³/mol. The zero-order valence-electron chi connectivity index (χ0n) is 8.85. The molecule has 0 heterocycles. The summed E-state index contributed by atoms with van der Waals surface area (Å²) in [6, 6.07) is 3.98. The number of halogens is 3. The van der Waals surface area contributed by atoms with Crippen molar-refractivity contribution in [3.05, 3.63) is 29.3 Å². The monoisotopic (exact) mass is 218 g/mol. The van der Waals surface area contributed by atoms with Crippen molar-refractivity contribution in [1.29, 1.82) is 0 Å². The molecule has 0 spiro atoms. The lowest BCUT2D eigenvalue weighted by molar-refractivity contribution is -0.138. The Hall–Kier alpha value is -1.19. The number of methoxy groups -OCH3 is 1. The summed E-state index contributed by atoms with van der Waals surface area (Å²) in [6.45, 7) is 3.43. The van der Waals surface area contributed by atoms with Crippen molar-refractivity contribution in [3.63, 3.8) is 0 Å². The SMILES string of the molecule is COc1cccc(C(F)(F)F)c1C(C)C. The van der Waals surface area contributed by atoms with Crippen molar-refractivity contribution >= 4 is 0 Å². The van der Waals surface area contributed by atoms with E-state index in [0.29, 0.717) is 5.75 Å². The maximum Gasteiger partial charge on any atom is 0.416 e. The van der Waals surface area contributed by atoms with E-state index >= 15 is 0 Å². The summed E-state index contributed by atoms with van der Waals surface area (Å²) in [7, 11) is 1.38. The highest BCUT2D eigenvalue weighted by Crippen LogP contribution is 2.39. The van der Waals surface area contributed by atoms with E-state index in [1.54, 1.807) is 19.9 Å². The number of hydrogen-bond donors (Lipinski definition) is 0. The van der Waals surface area contributed by atoms with E-state index in [2.05, 4.69) is 0 Å². The molecule has 0 amide bonds. The van der Waals surface area contributed by atoms with Gasteiger partial charge in [0.15, 0.2) is 0 Å². The lowest BCUT2D eigenvalue weighted by atomic mass is 9.96. The molecular weight excluding hydrogens is 205 g/mol. The molecule has 4 heteroatoms. The summed E-state index contributed by atoms with van der Waals surface area (Å²) in [5, 5.41) is 0. The van der Waals surface area contributed by atoms with Gasteiger partial charge in [-0.1, -0.05) is 19.9 Å². The quantitative estimate of drug-likeness (QED) is 0.732. The van der Waals surface area contributed by atoms with Crippen LogP contribution >= 0.6 is 0 Å². The van der Waals surface area contributed by atoms with E-state index in [1.807, 2.05) is 0 Å². The first-order valence-corrected chi connectivity index (χ1v) is 4.62. The molecule has 0 bridgehead atoms. The van der Waals surface area contributed by atoms with Gasteiger partial charge < -0.3 is 4.74 Å². The highest BCUT2D eigenvalue weighted by atomic mass is 19.4. The summed E-state index contributed by atoms with van der Waals surface area (Å²) in [5.41, 5.74) is -0.399. The zero-order valence-corrected chi connectivity index (χ0v) is 8.85. The molecule has 0 aliphatic rings. The Morgan fingerprint density at radius 3 is 2.20 bits per heavy atom. The topological polar surface area (TPSA) is 9.23 Å². The molecule has 15 heavy (non-hydrogen) atoms. The van der Waals surface area contributed by atoms with Crippen molar-refractivity contribution in [1.82, 2.24) is 0 Å². The van der Waals surface area contributed by atoms with Gasteiger partial charge in [-0.05, 0) is 18.1 Å². The van der Waals surface area contributed by atoms with Gasteiger partial charge >= 0.3 is 6.18 Å². The summed E-state index contributed by atoms with van der Waals surface area (Å²) < 4.78 is 43.0. The molecule has 0 saturated carbocycles. The maximum atomic E-state index is 12.7. The lowest BCUT2D eigenvalue weighted by Crippen LogP contribution is -2.11. The van der Waals surface area contributed by atoms with Crippen LogP contribution in [0, 0.1) is 0 Å². The standard InChI is InChI=1S/C11H13F3O/c1-7(2)10-8(11(12,13)14)5-4-6-9(10)15-3/h4-7H,1-3H3. The Morgan fingerprint density at radius 2 is 1.80 bits per heavy atom. The summed E-state index contributed by atoms with van der Waals surface area (Å²) >= 11 is 0. The Bertz CT molecular complexity index is 342. The molecule has 0 aliphatic heterocycles. The van der Waals surface area contributed by atoms with Crippen molar-refractivity contribution in [2.75, 3.05) is 7.11 Å².